The molecule has 0 fully saturated rings. The van der Waals surface area contributed by atoms with Gasteiger partial charge >= 0.3 is 0 Å². The van der Waals surface area contributed by atoms with E-state index in [2.05, 4.69) is 5.32 Å². The van der Waals surface area contributed by atoms with Gasteiger partial charge in [0.1, 0.15) is 5.37 Å². The summed E-state index contributed by atoms with van der Waals surface area (Å²) in [7, 11) is 0. The molecule has 3 heteroatoms. The third-order valence-corrected chi connectivity index (χ3v) is 4.13. The van der Waals surface area contributed by atoms with Gasteiger partial charge in [-0.3, -0.25) is 4.79 Å². The minimum atomic E-state index is 0.0121. The second-order valence-corrected chi connectivity index (χ2v) is 5.51. The minimum Gasteiger partial charge on any atom is -0.370 e. The van der Waals surface area contributed by atoms with Gasteiger partial charge in [0.2, 0.25) is 0 Å². The Bertz CT molecular complexity index is 265. The Kier molecular flexibility index (Phi) is 2.86. The van der Waals surface area contributed by atoms with Crippen molar-refractivity contribution >= 4 is 17.5 Å². The topological polar surface area (TPSA) is 29.1 Å². The lowest BCUT2D eigenvalue weighted by molar-refractivity contribution is -0.121. The predicted molar refractivity (Wildman–Crippen MR) is 59.9 cm³/mol. The summed E-state index contributed by atoms with van der Waals surface area (Å²) in [5.74, 6) is 0.478. The van der Waals surface area contributed by atoms with E-state index in [1.807, 2.05) is 13.8 Å². The van der Waals surface area contributed by atoms with E-state index < -0.39 is 0 Å². The molecule has 1 unspecified atom stereocenters. The van der Waals surface area contributed by atoms with E-state index in [1.165, 1.54) is 29.9 Å². The molecule has 1 heterocycles. The first-order valence-corrected chi connectivity index (χ1v) is 6.25. The average molecular weight is 211 g/mol. The van der Waals surface area contributed by atoms with Crippen LogP contribution in [0.4, 0.5) is 0 Å². The maximum Gasteiger partial charge on any atom is 0.168 e. The predicted octanol–water partition coefficient (Wildman–Crippen LogP) is 2.66. The fourth-order valence-corrected chi connectivity index (χ4v) is 3.36. The quantitative estimate of drug-likeness (QED) is 0.761. The van der Waals surface area contributed by atoms with Crippen molar-refractivity contribution in [3.63, 3.8) is 0 Å². The number of carbonyl (C=O) groups excluding carboxylic acids is 1. The first-order chi connectivity index (χ1) is 6.68. The molecule has 1 atom stereocenters. The fraction of sp³-hybridized carbons (Fsp3) is 0.727. The zero-order valence-corrected chi connectivity index (χ0v) is 9.62. The van der Waals surface area contributed by atoms with Crippen molar-refractivity contribution in [2.75, 3.05) is 0 Å². The summed E-state index contributed by atoms with van der Waals surface area (Å²) >= 11 is 1.75. The van der Waals surface area contributed by atoms with E-state index >= 15 is 0 Å². The Morgan fingerprint density at radius 3 is 2.79 bits per heavy atom. The molecule has 0 saturated carbocycles. The zero-order valence-electron chi connectivity index (χ0n) is 8.80. The van der Waals surface area contributed by atoms with Crippen LogP contribution in [0.5, 0.6) is 0 Å². The van der Waals surface area contributed by atoms with Gasteiger partial charge in [0.25, 0.3) is 0 Å². The van der Waals surface area contributed by atoms with Gasteiger partial charge in [-0.1, -0.05) is 25.6 Å². The summed E-state index contributed by atoms with van der Waals surface area (Å²) in [6.07, 6.45) is 4.88. The summed E-state index contributed by atoms with van der Waals surface area (Å²) < 4.78 is 0. The molecule has 0 aromatic heterocycles. The van der Waals surface area contributed by atoms with Gasteiger partial charge in [0, 0.05) is 16.5 Å². The van der Waals surface area contributed by atoms with Crippen molar-refractivity contribution in [1.29, 1.82) is 0 Å². The fourth-order valence-electron chi connectivity index (χ4n) is 1.92. The molecule has 0 aromatic rings. The van der Waals surface area contributed by atoms with Crippen LogP contribution in [0.15, 0.2) is 10.6 Å². The van der Waals surface area contributed by atoms with E-state index in [0.29, 0.717) is 5.78 Å². The Labute approximate surface area is 89.5 Å². The largest absolute Gasteiger partial charge is 0.370 e. The third kappa shape index (κ3) is 1.83. The molecule has 78 valence electrons. The van der Waals surface area contributed by atoms with Crippen LogP contribution in [0.3, 0.4) is 0 Å². The summed E-state index contributed by atoms with van der Waals surface area (Å²) in [5.41, 5.74) is 1.35. The number of ketones is 1. The molecule has 1 aliphatic carbocycles. The molecule has 0 aromatic carbocycles. The van der Waals surface area contributed by atoms with Crippen molar-refractivity contribution in [3.05, 3.63) is 10.6 Å². The van der Waals surface area contributed by atoms with Gasteiger partial charge in [-0.2, -0.15) is 0 Å². The van der Waals surface area contributed by atoms with Crippen LogP contribution in [0.25, 0.3) is 0 Å². The molecule has 0 radical (unpaired) electrons. The number of rotatable bonds is 2. The van der Waals surface area contributed by atoms with Crippen LogP contribution >= 0.6 is 11.8 Å². The van der Waals surface area contributed by atoms with Gasteiger partial charge in [0.05, 0.1) is 0 Å². The van der Waals surface area contributed by atoms with Gasteiger partial charge < -0.3 is 5.32 Å². The van der Waals surface area contributed by atoms with Crippen LogP contribution in [-0.2, 0) is 4.79 Å². The highest BCUT2D eigenvalue weighted by molar-refractivity contribution is 8.04. The normalized spacial score (nSPS) is 26.4. The van der Waals surface area contributed by atoms with Crippen molar-refractivity contribution in [3.8, 4) is 0 Å². The lowest BCUT2D eigenvalue weighted by Gasteiger charge is -2.13. The molecule has 1 aliphatic heterocycles. The molecule has 2 nitrogen and oxygen atoms in total. The standard InChI is InChI=1S/C11H17NOS/c1-7(2)10(13)11-12-8-5-3-4-6-9(8)14-11/h7,11-12H,3-6H2,1-2H3. The lowest BCUT2D eigenvalue weighted by atomic mass is 10.0. The van der Waals surface area contributed by atoms with Crippen LogP contribution in [0.2, 0.25) is 0 Å². The smallest absolute Gasteiger partial charge is 0.168 e. The van der Waals surface area contributed by atoms with Crippen LogP contribution < -0.4 is 5.32 Å². The van der Waals surface area contributed by atoms with Gasteiger partial charge in [-0.05, 0) is 25.7 Å². The second-order valence-electron chi connectivity index (χ2n) is 4.31. The average Bonchev–Trinajstić information content (AvgIpc) is 2.59. The second kappa shape index (κ2) is 3.97. The maximum atomic E-state index is 11.8. The molecule has 0 saturated heterocycles. The SMILES string of the molecule is CC(C)C(=O)C1NC2=C(CCCC2)S1. The molecule has 2 rings (SSSR count). The van der Waals surface area contributed by atoms with E-state index in [-0.39, 0.29) is 11.3 Å². The molecular formula is C11H17NOS. The first kappa shape index (κ1) is 10.1. The minimum absolute atomic E-state index is 0.0121. The maximum absolute atomic E-state index is 11.8. The Hall–Kier alpha value is -0.440. The molecule has 0 amide bonds. The number of hydrogen-bond donors (Lipinski definition) is 1. The molecule has 0 spiro atoms. The number of hydrogen-bond acceptors (Lipinski definition) is 3. The summed E-state index contributed by atoms with van der Waals surface area (Å²) in [6.45, 7) is 3.95. The highest BCUT2D eigenvalue weighted by atomic mass is 32.2. The van der Waals surface area contributed by atoms with Crippen LogP contribution in [0.1, 0.15) is 39.5 Å². The number of thioether (sulfide) groups is 1. The number of allylic oxidation sites excluding steroid dienone is 2. The summed E-state index contributed by atoms with van der Waals surface area (Å²) in [4.78, 5) is 13.2. The Balaban J connectivity index is 2.01. The molecular weight excluding hydrogens is 194 g/mol. The van der Waals surface area contributed by atoms with Crippen LogP contribution in [0, 0.1) is 5.92 Å². The summed E-state index contributed by atoms with van der Waals surface area (Å²) in [5, 5.41) is 3.38. The Morgan fingerprint density at radius 2 is 2.14 bits per heavy atom. The van der Waals surface area contributed by atoms with Gasteiger partial charge in [-0.25, -0.2) is 0 Å². The Morgan fingerprint density at radius 1 is 1.43 bits per heavy atom. The van der Waals surface area contributed by atoms with Crippen molar-refractivity contribution in [2.45, 2.75) is 44.9 Å². The highest BCUT2D eigenvalue weighted by Crippen LogP contribution is 2.39. The number of Topliss-reactive ketones (excluding diaryl/α,β-unsaturated/α-hetero) is 1. The number of carbonyl (C=O) groups is 1. The van der Waals surface area contributed by atoms with Crippen molar-refractivity contribution in [2.24, 2.45) is 5.92 Å². The van der Waals surface area contributed by atoms with E-state index in [0.717, 1.165) is 6.42 Å². The molecule has 2 aliphatic rings. The molecule has 14 heavy (non-hydrogen) atoms. The molecule has 1 N–H and O–H groups in total. The number of nitrogens with one attached hydrogen (secondary N) is 1. The highest BCUT2D eigenvalue weighted by Gasteiger charge is 2.31. The van der Waals surface area contributed by atoms with Gasteiger partial charge in [-0.15, -0.1) is 0 Å². The third-order valence-electron chi connectivity index (χ3n) is 2.81. The first-order valence-electron chi connectivity index (χ1n) is 5.37. The van der Waals surface area contributed by atoms with Gasteiger partial charge in [0.15, 0.2) is 5.78 Å². The monoisotopic (exact) mass is 211 g/mol. The van der Waals surface area contributed by atoms with E-state index in [9.17, 15) is 4.79 Å². The lowest BCUT2D eigenvalue weighted by Crippen LogP contribution is -2.32. The van der Waals surface area contributed by atoms with E-state index in [4.69, 9.17) is 0 Å². The van der Waals surface area contributed by atoms with Crippen molar-refractivity contribution < 1.29 is 4.79 Å². The van der Waals surface area contributed by atoms with E-state index in [1.54, 1.807) is 11.8 Å². The van der Waals surface area contributed by atoms with Crippen LogP contribution in [-0.4, -0.2) is 11.2 Å². The zero-order chi connectivity index (χ0) is 10.1. The van der Waals surface area contributed by atoms with Crippen molar-refractivity contribution in [1.82, 2.24) is 5.32 Å². The summed E-state index contributed by atoms with van der Waals surface area (Å²) in [6, 6.07) is 0. The molecule has 0 bridgehead atoms.